The zero-order chi connectivity index (χ0) is 15.5. The van der Waals surface area contributed by atoms with Crippen molar-refractivity contribution in [2.45, 2.75) is 6.54 Å². The standard InChI is InChI=1S/C13H8N6O3/c14-4-9-6-19(13(21)17-12(9)20)7-10-16-11(18-22-10)8-2-1-3-15-5-8/h1-3,5-6H,7H2,(H,17,20,21). The zero-order valence-electron chi connectivity index (χ0n) is 11.1. The van der Waals surface area contributed by atoms with Crippen molar-refractivity contribution in [1.82, 2.24) is 24.7 Å². The van der Waals surface area contributed by atoms with Crippen molar-refractivity contribution in [3.05, 3.63) is 63.0 Å². The molecule has 0 aliphatic heterocycles. The summed E-state index contributed by atoms with van der Waals surface area (Å²) in [5.41, 5.74) is -0.897. The van der Waals surface area contributed by atoms with Gasteiger partial charge in [0, 0.05) is 24.2 Å². The van der Waals surface area contributed by atoms with E-state index in [4.69, 9.17) is 9.78 Å². The van der Waals surface area contributed by atoms with Crippen LogP contribution < -0.4 is 11.2 Å². The highest BCUT2D eigenvalue weighted by Gasteiger charge is 2.11. The van der Waals surface area contributed by atoms with Crippen LogP contribution in [0.25, 0.3) is 11.4 Å². The number of rotatable bonds is 3. The number of hydrogen-bond acceptors (Lipinski definition) is 7. The first-order chi connectivity index (χ1) is 10.7. The Labute approximate surface area is 122 Å². The summed E-state index contributed by atoms with van der Waals surface area (Å²) < 4.78 is 6.17. The predicted octanol–water partition coefficient (Wildman–Crippen LogP) is -0.0984. The van der Waals surface area contributed by atoms with E-state index in [1.54, 1.807) is 30.6 Å². The summed E-state index contributed by atoms with van der Waals surface area (Å²) in [6.07, 6.45) is 4.34. The van der Waals surface area contributed by atoms with E-state index >= 15 is 0 Å². The lowest BCUT2D eigenvalue weighted by Gasteiger charge is -2.00. The summed E-state index contributed by atoms with van der Waals surface area (Å²) in [6.45, 7) is -0.0580. The smallest absolute Gasteiger partial charge is 0.328 e. The molecule has 3 aromatic rings. The summed E-state index contributed by atoms with van der Waals surface area (Å²) in [5.74, 6) is 0.498. The molecule has 108 valence electrons. The number of nitrogens with zero attached hydrogens (tertiary/aromatic N) is 5. The maximum Gasteiger partial charge on any atom is 0.328 e. The van der Waals surface area contributed by atoms with Gasteiger partial charge in [0.1, 0.15) is 18.2 Å². The zero-order valence-corrected chi connectivity index (χ0v) is 11.1. The molecule has 9 nitrogen and oxygen atoms in total. The van der Waals surface area contributed by atoms with Crippen molar-refractivity contribution in [2.75, 3.05) is 0 Å². The number of nitriles is 1. The molecule has 0 atom stereocenters. The van der Waals surface area contributed by atoms with Gasteiger partial charge in [-0.1, -0.05) is 5.16 Å². The fourth-order valence-electron chi connectivity index (χ4n) is 1.78. The summed E-state index contributed by atoms with van der Waals surface area (Å²) >= 11 is 0. The van der Waals surface area contributed by atoms with E-state index in [2.05, 4.69) is 15.1 Å². The molecule has 9 heteroatoms. The molecule has 0 amide bonds. The lowest BCUT2D eigenvalue weighted by Crippen LogP contribution is -2.31. The summed E-state index contributed by atoms with van der Waals surface area (Å²) in [4.78, 5) is 33.1. The van der Waals surface area contributed by atoms with E-state index in [1.165, 1.54) is 0 Å². The third-order valence-electron chi connectivity index (χ3n) is 2.82. The van der Waals surface area contributed by atoms with Crippen molar-refractivity contribution < 1.29 is 4.52 Å². The van der Waals surface area contributed by atoms with Crippen LogP contribution >= 0.6 is 0 Å². The van der Waals surface area contributed by atoms with Crippen LogP contribution in [-0.2, 0) is 6.54 Å². The van der Waals surface area contributed by atoms with E-state index in [9.17, 15) is 9.59 Å². The van der Waals surface area contributed by atoms with Gasteiger partial charge in [-0.15, -0.1) is 0 Å². The molecule has 1 N–H and O–H groups in total. The topological polar surface area (TPSA) is 130 Å². The second-order valence-electron chi connectivity index (χ2n) is 4.30. The Balaban J connectivity index is 1.92. The number of aromatic nitrogens is 5. The van der Waals surface area contributed by atoms with Crippen LogP contribution in [0.1, 0.15) is 11.5 Å². The van der Waals surface area contributed by atoms with E-state index in [0.29, 0.717) is 11.4 Å². The van der Waals surface area contributed by atoms with Gasteiger partial charge in [0.25, 0.3) is 5.56 Å². The minimum Gasteiger partial charge on any atom is -0.337 e. The molecule has 0 aliphatic carbocycles. The minimum atomic E-state index is -0.731. The molecule has 0 radical (unpaired) electrons. The Bertz CT molecular complexity index is 964. The number of H-pyrrole nitrogens is 1. The molecular formula is C13H8N6O3. The number of nitrogens with one attached hydrogen (secondary N) is 1. The average Bonchev–Trinajstić information content (AvgIpc) is 2.99. The van der Waals surface area contributed by atoms with Crippen LogP contribution in [0.3, 0.4) is 0 Å². The van der Waals surface area contributed by atoms with E-state index < -0.39 is 11.2 Å². The lowest BCUT2D eigenvalue weighted by molar-refractivity contribution is 0.369. The van der Waals surface area contributed by atoms with Crippen LogP contribution in [-0.4, -0.2) is 24.7 Å². The first-order valence-corrected chi connectivity index (χ1v) is 6.14. The molecule has 3 heterocycles. The molecular weight excluding hydrogens is 288 g/mol. The fourth-order valence-corrected chi connectivity index (χ4v) is 1.78. The number of pyridine rings is 1. The Hall–Kier alpha value is -3.54. The van der Waals surface area contributed by atoms with Gasteiger partial charge in [0.05, 0.1) is 0 Å². The van der Waals surface area contributed by atoms with Crippen molar-refractivity contribution in [1.29, 1.82) is 5.26 Å². The van der Waals surface area contributed by atoms with Crippen LogP contribution in [0.5, 0.6) is 0 Å². The molecule has 0 spiro atoms. The molecule has 0 aliphatic rings. The van der Waals surface area contributed by atoms with Crippen LogP contribution in [0.2, 0.25) is 0 Å². The molecule has 3 aromatic heterocycles. The molecule has 0 fully saturated rings. The first kappa shape index (κ1) is 13.4. The van der Waals surface area contributed by atoms with E-state index in [0.717, 1.165) is 10.8 Å². The largest absolute Gasteiger partial charge is 0.337 e. The van der Waals surface area contributed by atoms with Crippen molar-refractivity contribution in [3.8, 4) is 17.5 Å². The van der Waals surface area contributed by atoms with E-state index in [-0.39, 0.29) is 18.0 Å². The maximum atomic E-state index is 11.7. The molecule has 0 saturated carbocycles. The molecule has 0 saturated heterocycles. The second-order valence-corrected chi connectivity index (χ2v) is 4.30. The van der Waals surface area contributed by atoms with Gasteiger partial charge in [-0.25, -0.2) is 4.79 Å². The fraction of sp³-hybridized carbons (Fsp3) is 0.0769. The van der Waals surface area contributed by atoms with Crippen molar-refractivity contribution >= 4 is 0 Å². The Kier molecular flexibility index (Phi) is 3.33. The highest BCUT2D eigenvalue weighted by Crippen LogP contribution is 2.13. The second kappa shape index (κ2) is 5.45. The minimum absolute atomic E-state index is 0.0580. The molecule has 3 rings (SSSR count). The van der Waals surface area contributed by atoms with Gasteiger partial charge >= 0.3 is 5.69 Å². The van der Waals surface area contributed by atoms with Crippen LogP contribution in [0.15, 0.2) is 44.8 Å². The lowest BCUT2D eigenvalue weighted by atomic mass is 10.3. The SMILES string of the molecule is N#Cc1cn(Cc2nc(-c3cccnc3)no2)c(=O)[nH]c1=O. The quantitative estimate of drug-likeness (QED) is 0.714. The summed E-state index contributed by atoms with van der Waals surface area (Å²) in [5, 5.41) is 12.6. The van der Waals surface area contributed by atoms with E-state index in [1.807, 2.05) is 4.98 Å². The van der Waals surface area contributed by atoms with Crippen molar-refractivity contribution in [2.24, 2.45) is 0 Å². The highest BCUT2D eigenvalue weighted by molar-refractivity contribution is 5.51. The Morgan fingerprint density at radius 2 is 2.27 bits per heavy atom. The van der Waals surface area contributed by atoms with Gasteiger partial charge in [0.2, 0.25) is 11.7 Å². The van der Waals surface area contributed by atoms with Gasteiger partial charge in [-0.3, -0.25) is 19.3 Å². The third-order valence-corrected chi connectivity index (χ3v) is 2.82. The summed E-state index contributed by atoms with van der Waals surface area (Å²) in [7, 11) is 0. The predicted molar refractivity (Wildman–Crippen MR) is 72.7 cm³/mol. The van der Waals surface area contributed by atoms with Gasteiger partial charge in [-0.2, -0.15) is 10.2 Å². The number of aromatic amines is 1. The van der Waals surface area contributed by atoms with Gasteiger partial charge in [0.15, 0.2) is 0 Å². The van der Waals surface area contributed by atoms with Crippen LogP contribution in [0, 0.1) is 11.3 Å². The van der Waals surface area contributed by atoms with Gasteiger partial charge < -0.3 is 4.52 Å². The normalized spacial score (nSPS) is 10.3. The third kappa shape index (κ3) is 2.53. The summed E-state index contributed by atoms with van der Waals surface area (Å²) in [6, 6.07) is 5.20. The maximum absolute atomic E-state index is 11.7. The number of hydrogen-bond donors (Lipinski definition) is 1. The van der Waals surface area contributed by atoms with Crippen molar-refractivity contribution in [3.63, 3.8) is 0 Å². The average molecular weight is 296 g/mol. The van der Waals surface area contributed by atoms with Crippen LogP contribution in [0.4, 0.5) is 0 Å². The molecule has 22 heavy (non-hydrogen) atoms. The monoisotopic (exact) mass is 296 g/mol. The Morgan fingerprint density at radius 1 is 1.41 bits per heavy atom. The molecule has 0 bridgehead atoms. The Morgan fingerprint density at radius 3 is 3.00 bits per heavy atom. The first-order valence-electron chi connectivity index (χ1n) is 6.14. The highest BCUT2D eigenvalue weighted by atomic mass is 16.5. The molecule has 0 aromatic carbocycles. The molecule has 0 unspecified atom stereocenters. The van der Waals surface area contributed by atoms with Gasteiger partial charge in [-0.05, 0) is 12.1 Å².